The Balaban J connectivity index is 1.48. The summed E-state index contributed by atoms with van der Waals surface area (Å²) in [5.74, 6) is 1.67. The molecule has 3 heterocycles. The number of hydrogen-bond acceptors (Lipinski definition) is 4. The van der Waals surface area contributed by atoms with Crippen LogP contribution < -0.4 is 10.3 Å². The maximum Gasteiger partial charge on any atom is 0.250 e. The quantitative estimate of drug-likeness (QED) is 0.802. The van der Waals surface area contributed by atoms with E-state index in [4.69, 9.17) is 4.74 Å². The van der Waals surface area contributed by atoms with Gasteiger partial charge in [-0.05, 0) is 42.7 Å². The summed E-state index contributed by atoms with van der Waals surface area (Å²) in [5.41, 5.74) is 1.92. The number of hydrogen-bond donors (Lipinski definition) is 0. The Bertz CT molecular complexity index is 841. The first kappa shape index (κ1) is 16.1. The van der Waals surface area contributed by atoms with Crippen molar-refractivity contribution in [2.45, 2.75) is 18.9 Å². The van der Waals surface area contributed by atoms with Crippen LogP contribution in [-0.4, -0.2) is 42.0 Å². The molecule has 0 radical (unpaired) electrons. The van der Waals surface area contributed by atoms with Crippen molar-refractivity contribution in [3.05, 3.63) is 64.1 Å². The fourth-order valence-electron chi connectivity index (χ4n) is 4.20. The van der Waals surface area contributed by atoms with Gasteiger partial charge in [-0.2, -0.15) is 0 Å². The molecule has 2 aliphatic heterocycles. The maximum absolute atomic E-state index is 12.6. The number of carbonyl (C=O) groups is 1. The summed E-state index contributed by atoms with van der Waals surface area (Å²) in [6, 6.07) is 12.8. The van der Waals surface area contributed by atoms with Crippen LogP contribution in [-0.2, 0) is 6.54 Å². The first-order valence-electron chi connectivity index (χ1n) is 8.73. The molecule has 5 heteroatoms. The minimum Gasteiger partial charge on any atom is -0.497 e. The Morgan fingerprint density at radius 3 is 2.68 bits per heavy atom. The SMILES string of the molecule is COc1ccc(C(=O)CN2CC3CC(C2)c2cccc(=O)n2C3)cc1. The molecule has 2 bridgehead atoms. The van der Waals surface area contributed by atoms with E-state index in [1.807, 2.05) is 34.9 Å². The van der Waals surface area contributed by atoms with Gasteiger partial charge in [0.25, 0.3) is 5.56 Å². The molecule has 0 spiro atoms. The van der Waals surface area contributed by atoms with Crippen molar-refractivity contribution in [3.8, 4) is 5.75 Å². The molecule has 0 saturated carbocycles. The predicted molar refractivity (Wildman–Crippen MR) is 95.3 cm³/mol. The molecule has 2 aromatic rings. The first-order chi connectivity index (χ1) is 12.1. The summed E-state index contributed by atoms with van der Waals surface area (Å²) in [6.45, 7) is 2.90. The number of carbonyl (C=O) groups excluding carboxylic acids is 1. The molecule has 2 aliphatic rings. The molecular weight excluding hydrogens is 316 g/mol. The number of ketones is 1. The van der Waals surface area contributed by atoms with E-state index in [1.165, 1.54) is 0 Å². The third-order valence-electron chi connectivity index (χ3n) is 5.33. The molecule has 1 aromatic carbocycles. The summed E-state index contributed by atoms with van der Waals surface area (Å²) < 4.78 is 7.06. The van der Waals surface area contributed by atoms with Gasteiger partial charge in [0.2, 0.25) is 0 Å². The second-order valence-corrected chi connectivity index (χ2v) is 7.04. The summed E-state index contributed by atoms with van der Waals surface area (Å²) in [4.78, 5) is 26.9. The zero-order valence-electron chi connectivity index (χ0n) is 14.4. The Morgan fingerprint density at radius 2 is 1.92 bits per heavy atom. The van der Waals surface area contributed by atoms with Gasteiger partial charge in [-0.15, -0.1) is 0 Å². The number of methoxy groups -OCH3 is 1. The number of benzene rings is 1. The van der Waals surface area contributed by atoms with E-state index in [9.17, 15) is 9.59 Å². The Hall–Kier alpha value is -2.40. The van der Waals surface area contributed by atoms with Crippen molar-refractivity contribution in [1.82, 2.24) is 9.47 Å². The highest BCUT2D eigenvalue weighted by Gasteiger charge is 2.34. The minimum absolute atomic E-state index is 0.0926. The van der Waals surface area contributed by atoms with Crippen LogP contribution in [0.2, 0.25) is 0 Å². The highest BCUT2D eigenvalue weighted by molar-refractivity contribution is 5.97. The molecule has 1 saturated heterocycles. The Kier molecular flexibility index (Phi) is 4.17. The van der Waals surface area contributed by atoms with Crippen molar-refractivity contribution in [2.75, 3.05) is 26.7 Å². The monoisotopic (exact) mass is 338 g/mol. The van der Waals surface area contributed by atoms with E-state index in [0.29, 0.717) is 23.9 Å². The maximum atomic E-state index is 12.6. The number of Topliss-reactive ketones (excluding diaryl/α,β-unsaturated/α-hetero) is 1. The van der Waals surface area contributed by atoms with Crippen molar-refractivity contribution < 1.29 is 9.53 Å². The molecule has 1 aromatic heterocycles. The third-order valence-corrected chi connectivity index (χ3v) is 5.33. The molecule has 130 valence electrons. The molecule has 5 nitrogen and oxygen atoms in total. The average molecular weight is 338 g/mol. The number of piperidine rings is 1. The first-order valence-corrected chi connectivity index (χ1v) is 8.73. The highest BCUT2D eigenvalue weighted by Crippen LogP contribution is 2.34. The molecule has 1 fully saturated rings. The number of rotatable bonds is 4. The third kappa shape index (κ3) is 3.12. The van der Waals surface area contributed by atoms with Crippen molar-refractivity contribution in [1.29, 1.82) is 0 Å². The lowest BCUT2D eigenvalue weighted by Gasteiger charge is -2.42. The Morgan fingerprint density at radius 1 is 1.12 bits per heavy atom. The van der Waals surface area contributed by atoms with Gasteiger partial charge in [-0.1, -0.05) is 6.07 Å². The lowest BCUT2D eigenvalue weighted by atomic mass is 9.83. The molecule has 2 unspecified atom stereocenters. The zero-order chi connectivity index (χ0) is 17.4. The molecule has 25 heavy (non-hydrogen) atoms. The molecule has 0 aliphatic carbocycles. The second kappa shape index (κ2) is 6.48. The molecule has 2 atom stereocenters. The van der Waals surface area contributed by atoms with Crippen LogP contribution in [0.25, 0.3) is 0 Å². The molecular formula is C20H22N2O3. The summed E-state index contributed by atoms with van der Waals surface area (Å²) in [7, 11) is 1.62. The second-order valence-electron chi connectivity index (χ2n) is 7.04. The van der Waals surface area contributed by atoms with Crippen LogP contribution in [0.1, 0.15) is 28.4 Å². The largest absolute Gasteiger partial charge is 0.497 e. The smallest absolute Gasteiger partial charge is 0.250 e. The average Bonchev–Trinajstić information content (AvgIpc) is 2.62. The predicted octanol–water partition coefficient (Wildman–Crippen LogP) is 2.16. The van der Waals surface area contributed by atoms with E-state index < -0.39 is 0 Å². The number of aromatic nitrogens is 1. The molecule has 4 rings (SSSR count). The zero-order valence-corrected chi connectivity index (χ0v) is 14.4. The van der Waals surface area contributed by atoms with E-state index >= 15 is 0 Å². The van der Waals surface area contributed by atoms with Crippen molar-refractivity contribution in [2.24, 2.45) is 5.92 Å². The van der Waals surface area contributed by atoms with Crippen LogP contribution in [0.15, 0.2) is 47.3 Å². The fraction of sp³-hybridized carbons (Fsp3) is 0.400. The summed E-state index contributed by atoms with van der Waals surface area (Å²) in [5, 5.41) is 0. The van der Waals surface area contributed by atoms with Crippen LogP contribution in [0.3, 0.4) is 0 Å². The van der Waals surface area contributed by atoms with Gasteiger partial charge < -0.3 is 9.30 Å². The lowest BCUT2D eigenvalue weighted by Crippen LogP contribution is -2.48. The molecule has 0 amide bonds. The normalized spacial score (nSPS) is 22.3. The highest BCUT2D eigenvalue weighted by atomic mass is 16.5. The standard InChI is InChI=1S/C20H22N2O3/c1-25-17-7-5-15(6-8-17)19(23)13-21-10-14-9-16(12-21)18-3-2-4-20(24)22(18)11-14/h2-8,14,16H,9-13H2,1H3. The van der Waals surface area contributed by atoms with Gasteiger partial charge in [0.15, 0.2) is 5.78 Å². The van der Waals surface area contributed by atoms with E-state index in [1.54, 1.807) is 13.2 Å². The van der Waals surface area contributed by atoms with E-state index in [2.05, 4.69) is 11.0 Å². The van der Waals surface area contributed by atoms with Crippen LogP contribution >= 0.6 is 0 Å². The number of likely N-dealkylation sites (tertiary alicyclic amines) is 1. The van der Waals surface area contributed by atoms with Gasteiger partial charge in [0.05, 0.1) is 13.7 Å². The fourth-order valence-corrected chi connectivity index (χ4v) is 4.20. The number of nitrogens with zero attached hydrogens (tertiary/aromatic N) is 2. The van der Waals surface area contributed by atoms with Crippen LogP contribution in [0, 0.1) is 5.92 Å². The van der Waals surface area contributed by atoms with Gasteiger partial charge in [0.1, 0.15) is 5.75 Å². The number of ether oxygens (including phenoxy) is 1. The number of fused-ring (bicyclic) bond motifs is 4. The van der Waals surface area contributed by atoms with Gasteiger partial charge >= 0.3 is 0 Å². The van der Waals surface area contributed by atoms with Crippen molar-refractivity contribution >= 4 is 5.78 Å². The number of pyridine rings is 1. The summed E-state index contributed by atoms with van der Waals surface area (Å²) >= 11 is 0. The minimum atomic E-state index is 0.0926. The van der Waals surface area contributed by atoms with Gasteiger partial charge in [-0.25, -0.2) is 0 Å². The molecule has 0 N–H and O–H groups in total. The summed E-state index contributed by atoms with van der Waals surface area (Å²) in [6.07, 6.45) is 1.11. The van der Waals surface area contributed by atoms with Gasteiger partial charge in [0, 0.05) is 42.9 Å². The Labute approximate surface area is 146 Å². The lowest BCUT2D eigenvalue weighted by molar-refractivity contribution is 0.0817. The van der Waals surface area contributed by atoms with Crippen LogP contribution in [0.5, 0.6) is 5.75 Å². The van der Waals surface area contributed by atoms with E-state index in [0.717, 1.165) is 37.5 Å². The van der Waals surface area contributed by atoms with Crippen LogP contribution in [0.4, 0.5) is 0 Å². The topological polar surface area (TPSA) is 51.5 Å². The van der Waals surface area contributed by atoms with E-state index in [-0.39, 0.29) is 11.3 Å². The van der Waals surface area contributed by atoms with Gasteiger partial charge in [-0.3, -0.25) is 14.5 Å². The van der Waals surface area contributed by atoms with Crippen molar-refractivity contribution in [3.63, 3.8) is 0 Å².